The fourth-order valence-electron chi connectivity index (χ4n) is 3.17. The van der Waals surface area contributed by atoms with Crippen LogP contribution < -0.4 is 0 Å². The topological polar surface area (TPSA) is 92.7 Å². The second kappa shape index (κ2) is 6.73. The van der Waals surface area contributed by atoms with Gasteiger partial charge in [-0.15, -0.1) is 0 Å². The van der Waals surface area contributed by atoms with Gasteiger partial charge >= 0.3 is 0 Å². The fraction of sp³-hybridized carbons (Fsp3) is 0.667. The molecular weight excluding hydrogens is 332 g/mol. The summed E-state index contributed by atoms with van der Waals surface area (Å²) in [5.41, 5.74) is 1.09. The molecule has 0 bridgehead atoms. The molecule has 0 N–H and O–H groups in total. The number of aromatic nitrogens is 2. The molecule has 0 unspecified atom stereocenters. The number of ether oxygens (including phenoxy) is 1. The Bertz CT molecular complexity index is 707. The quantitative estimate of drug-likeness (QED) is 0.737. The molecule has 2 fully saturated rings. The summed E-state index contributed by atoms with van der Waals surface area (Å²) in [5.74, 6) is -0.0517. The van der Waals surface area contributed by atoms with Crippen LogP contribution in [-0.4, -0.2) is 78.6 Å². The van der Waals surface area contributed by atoms with E-state index in [1.165, 1.54) is 16.8 Å². The molecule has 1 aromatic heterocycles. The second-order valence-corrected chi connectivity index (χ2v) is 8.36. The fourth-order valence-corrected chi connectivity index (χ4v) is 4.04. The van der Waals surface area contributed by atoms with Gasteiger partial charge in [0.2, 0.25) is 10.0 Å². The maximum absolute atomic E-state index is 12.6. The van der Waals surface area contributed by atoms with Gasteiger partial charge in [-0.25, -0.2) is 13.4 Å². The second-order valence-electron chi connectivity index (χ2n) is 6.37. The number of rotatable bonds is 2. The van der Waals surface area contributed by atoms with E-state index in [0.29, 0.717) is 44.9 Å². The third-order valence-electron chi connectivity index (χ3n) is 4.56. The predicted molar refractivity (Wildman–Crippen MR) is 86.9 cm³/mol. The van der Waals surface area contributed by atoms with Gasteiger partial charge in [0, 0.05) is 38.3 Å². The van der Waals surface area contributed by atoms with Gasteiger partial charge in [0.25, 0.3) is 5.91 Å². The smallest absolute Gasteiger partial charge is 0.274 e. The number of carbonyl (C=O) groups excluding carboxylic acids is 1. The zero-order valence-corrected chi connectivity index (χ0v) is 14.7. The van der Waals surface area contributed by atoms with E-state index in [-0.39, 0.29) is 17.9 Å². The van der Waals surface area contributed by atoms with Crippen molar-refractivity contribution in [3.63, 3.8) is 0 Å². The van der Waals surface area contributed by atoms with E-state index in [1.54, 1.807) is 11.1 Å². The molecule has 3 rings (SSSR count). The van der Waals surface area contributed by atoms with Crippen molar-refractivity contribution < 1.29 is 17.9 Å². The van der Waals surface area contributed by atoms with Crippen molar-refractivity contribution in [3.05, 3.63) is 23.8 Å². The molecule has 132 valence electrons. The highest BCUT2D eigenvalue weighted by Crippen LogP contribution is 2.25. The Hall–Kier alpha value is -1.58. The minimum Gasteiger partial charge on any atom is -0.375 e. The van der Waals surface area contributed by atoms with Gasteiger partial charge < -0.3 is 9.64 Å². The summed E-state index contributed by atoms with van der Waals surface area (Å²) in [4.78, 5) is 22.5. The highest BCUT2D eigenvalue weighted by Gasteiger charge is 2.37. The van der Waals surface area contributed by atoms with E-state index in [1.807, 2.05) is 6.92 Å². The molecule has 0 aliphatic carbocycles. The summed E-state index contributed by atoms with van der Waals surface area (Å²) in [7, 11) is -3.22. The highest BCUT2D eigenvalue weighted by molar-refractivity contribution is 7.88. The molecule has 2 aliphatic heterocycles. The van der Waals surface area contributed by atoms with Gasteiger partial charge in [-0.2, -0.15) is 4.31 Å². The maximum atomic E-state index is 12.6. The number of sulfonamides is 1. The summed E-state index contributed by atoms with van der Waals surface area (Å²) < 4.78 is 30.9. The van der Waals surface area contributed by atoms with Crippen molar-refractivity contribution in [2.75, 3.05) is 39.0 Å². The molecular formula is C15H22N4O4S. The minimum atomic E-state index is -3.22. The van der Waals surface area contributed by atoms with Crippen LogP contribution in [0.5, 0.6) is 0 Å². The molecule has 2 atom stereocenters. The molecule has 9 heteroatoms. The van der Waals surface area contributed by atoms with Crippen LogP contribution >= 0.6 is 0 Å². The van der Waals surface area contributed by atoms with Crippen LogP contribution in [0, 0.1) is 12.8 Å². The third-order valence-corrected chi connectivity index (χ3v) is 5.83. The Kier molecular flexibility index (Phi) is 4.84. The van der Waals surface area contributed by atoms with Crippen LogP contribution in [0.15, 0.2) is 12.4 Å². The summed E-state index contributed by atoms with van der Waals surface area (Å²) in [6.45, 7) is 4.01. The number of hydrogen-bond donors (Lipinski definition) is 0. The molecule has 1 aromatic rings. The summed E-state index contributed by atoms with van der Waals surface area (Å²) in [6.07, 6.45) is 4.85. The average Bonchev–Trinajstić information content (AvgIpc) is 2.76. The Balaban J connectivity index is 1.68. The van der Waals surface area contributed by atoms with Crippen molar-refractivity contribution in [2.24, 2.45) is 5.92 Å². The van der Waals surface area contributed by atoms with E-state index in [4.69, 9.17) is 4.74 Å². The lowest BCUT2D eigenvalue weighted by Gasteiger charge is -2.37. The molecule has 24 heavy (non-hydrogen) atoms. The lowest BCUT2D eigenvalue weighted by molar-refractivity contribution is -0.0171. The first-order valence-corrected chi connectivity index (χ1v) is 9.84. The standard InChI is InChI=1S/C15H22N4O4S/c1-11-7-17-13(8-16-11)15(20)18-4-3-12-9-19(24(2,21)22)5-6-23-14(12)10-18/h7-8,12,14H,3-6,9-10H2,1-2H3/t12-,14-/m1/s1. The average molecular weight is 354 g/mol. The van der Waals surface area contributed by atoms with Crippen molar-refractivity contribution in [1.29, 1.82) is 0 Å². The van der Waals surface area contributed by atoms with E-state index in [0.717, 1.165) is 5.69 Å². The first-order valence-electron chi connectivity index (χ1n) is 7.99. The molecule has 2 saturated heterocycles. The van der Waals surface area contributed by atoms with Crippen LogP contribution in [0.25, 0.3) is 0 Å². The summed E-state index contributed by atoms with van der Waals surface area (Å²) >= 11 is 0. The molecule has 1 amide bonds. The highest BCUT2D eigenvalue weighted by atomic mass is 32.2. The number of fused-ring (bicyclic) bond motifs is 1. The molecule has 0 saturated carbocycles. The van der Waals surface area contributed by atoms with Crippen LogP contribution in [0.1, 0.15) is 22.6 Å². The Morgan fingerprint density at radius 3 is 2.71 bits per heavy atom. The van der Waals surface area contributed by atoms with Crippen molar-refractivity contribution in [2.45, 2.75) is 19.4 Å². The molecule has 0 radical (unpaired) electrons. The van der Waals surface area contributed by atoms with E-state index in [9.17, 15) is 13.2 Å². The number of likely N-dealkylation sites (tertiary alicyclic amines) is 1. The van der Waals surface area contributed by atoms with Gasteiger partial charge in [-0.1, -0.05) is 0 Å². The van der Waals surface area contributed by atoms with Gasteiger partial charge in [-0.3, -0.25) is 9.78 Å². The lowest BCUT2D eigenvalue weighted by Crippen LogP contribution is -2.49. The molecule has 2 aliphatic rings. The normalized spacial score (nSPS) is 25.8. The number of piperidine rings is 1. The zero-order valence-electron chi connectivity index (χ0n) is 13.9. The van der Waals surface area contributed by atoms with Crippen LogP contribution in [-0.2, 0) is 14.8 Å². The number of carbonyl (C=O) groups is 1. The summed E-state index contributed by atoms with van der Waals surface area (Å²) in [5, 5.41) is 0. The van der Waals surface area contributed by atoms with E-state index >= 15 is 0 Å². The third kappa shape index (κ3) is 3.73. The lowest BCUT2D eigenvalue weighted by atomic mass is 9.93. The van der Waals surface area contributed by atoms with Crippen molar-refractivity contribution in [3.8, 4) is 0 Å². The largest absolute Gasteiger partial charge is 0.375 e. The van der Waals surface area contributed by atoms with Gasteiger partial charge in [0.05, 0.1) is 30.9 Å². The molecule has 0 aromatic carbocycles. The first-order chi connectivity index (χ1) is 11.3. The van der Waals surface area contributed by atoms with Gasteiger partial charge in [0.15, 0.2) is 0 Å². The predicted octanol–water partition coefficient (Wildman–Crippen LogP) is -0.0925. The maximum Gasteiger partial charge on any atom is 0.274 e. The first kappa shape index (κ1) is 17.2. The Morgan fingerprint density at radius 1 is 1.25 bits per heavy atom. The van der Waals surface area contributed by atoms with Crippen molar-refractivity contribution in [1.82, 2.24) is 19.2 Å². The molecule has 8 nitrogen and oxygen atoms in total. The van der Waals surface area contributed by atoms with Crippen molar-refractivity contribution >= 4 is 15.9 Å². The number of nitrogens with zero attached hydrogens (tertiary/aromatic N) is 4. The SMILES string of the molecule is Cc1cnc(C(=O)N2CC[C@@H]3CN(S(C)(=O)=O)CCO[C@@H]3C2)cn1. The van der Waals surface area contributed by atoms with Gasteiger partial charge in [0.1, 0.15) is 5.69 Å². The number of hydrogen-bond acceptors (Lipinski definition) is 6. The van der Waals surface area contributed by atoms with Crippen LogP contribution in [0.4, 0.5) is 0 Å². The van der Waals surface area contributed by atoms with E-state index in [2.05, 4.69) is 9.97 Å². The monoisotopic (exact) mass is 354 g/mol. The van der Waals surface area contributed by atoms with Crippen LogP contribution in [0.3, 0.4) is 0 Å². The van der Waals surface area contributed by atoms with Crippen LogP contribution in [0.2, 0.25) is 0 Å². The van der Waals surface area contributed by atoms with Gasteiger partial charge in [-0.05, 0) is 13.3 Å². The Labute approximate surface area is 141 Å². The molecule has 0 spiro atoms. The minimum absolute atomic E-state index is 0.107. The number of amides is 1. The summed E-state index contributed by atoms with van der Waals surface area (Å²) in [6, 6.07) is 0. The molecule has 3 heterocycles. The zero-order chi connectivity index (χ0) is 17.3. The Morgan fingerprint density at radius 2 is 2.04 bits per heavy atom. The van der Waals surface area contributed by atoms with E-state index < -0.39 is 10.0 Å². The number of aryl methyl sites for hydroxylation is 1.